The molecular formula is C15H12Cl2N2O3. The first-order valence-corrected chi connectivity index (χ1v) is 7.30. The number of carboxylic acid groups (broad SMARTS) is 1. The number of hydrogen-bond acceptors (Lipinski definition) is 3. The second kappa shape index (κ2) is 6.12. The Morgan fingerprint density at radius 3 is 2.95 bits per heavy atom. The number of carbonyl (C=O) groups is 1. The summed E-state index contributed by atoms with van der Waals surface area (Å²) in [6.07, 6.45) is 2.84. The SMILES string of the molecule is O=C(O)C=C1COCc2cnn(Cc3ccc(Cl)cc3Cl)c21. The number of aromatic nitrogens is 2. The van der Waals surface area contributed by atoms with Crippen molar-refractivity contribution in [3.05, 3.63) is 57.3 Å². The van der Waals surface area contributed by atoms with Gasteiger partial charge in [0, 0.05) is 27.3 Å². The van der Waals surface area contributed by atoms with Crippen LogP contribution >= 0.6 is 23.2 Å². The Morgan fingerprint density at radius 1 is 1.41 bits per heavy atom. The van der Waals surface area contributed by atoms with E-state index in [1.54, 1.807) is 23.0 Å². The largest absolute Gasteiger partial charge is 0.478 e. The molecule has 1 aromatic carbocycles. The molecule has 1 aromatic heterocycles. The molecule has 0 radical (unpaired) electrons. The minimum atomic E-state index is -1.01. The van der Waals surface area contributed by atoms with E-state index in [-0.39, 0.29) is 6.61 Å². The minimum Gasteiger partial charge on any atom is -0.478 e. The molecule has 0 saturated carbocycles. The predicted octanol–water partition coefficient (Wildman–Crippen LogP) is 3.24. The molecule has 0 spiro atoms. The number of rotatable bonds is 3. The summed E-state index contributed by atoms with van der Waals surface area (Å²) in [6.45, 7) is 1.10. The number of fused-ring (bicyclic) bond motifs is 1. The van der Waals surface area contributed by atoms with Crippen molar-refractivity contribution in [1.29, 1.82) is 0 Å². The summed E-state index contributed by atoms with van der Waals surface area (Å²) in [7, 11) is 0. The number of ether oxygens (including phenoxy) is 1. The number of aliphatic carboxylic acids is 1. The van der Waals surface area contributed by atoms with Crippen LogP contribution in [0.5, 0.6) is 0 Å². The maximum absolute atomic E-state index is 11.0. The van der Waals surface area contributed by atoms with Crippen LogP contribution < -0.4 is 0 Å². The normalized spacial score (nSPS) is 15.8. The van der Waals surface area contributed by atoms with Gasteiger partial charge in [0.1, 0.15) is 0 Å². The highest BCUT2D eigenvalue weighted by molar-refractivity contribution is 6.35. The third kappa shape index (κ3) is 3.02. The maximum Gasteiger partial charge on any atom is 0.328 e. The van der Waals surface area contributed by atoms with Crippen molar-refractivity contribution in [2.24, 2.45) is 0 Å². The molecule has 0 amide bonds. The van der Waals surface area contributed by atoms with E-state index in [9.17, 15) is 4.79 Å². The van der Waals surface area contributed by atoms with Crippen molar-refractivity contribution in [3.8, 4) is 0 Å². The van der Waals surface area contributed by atoms with Gasteiger partial charge in [-0.05, 0) is 17.7 Å². The summed E-state index contributed by atoms with van der Waals surface area (Å²) >= 11 is 12.1. The minimum absolute atomic E-state index is 0.249. The van der Waals surface area contributed by atoms with Gasteiger partial charge in [-0.3, -0.25) is 4.68 Å². The summed E-state index contributed by atoms with van der Waals surface area (Å²) in [5.41, 5.74) is 3.10. The fourth-order valence-corrected chi connectivity index (χ4v) is 2.90. The van der Waals surface area contributed by atoms with Crippen molar-refractivity contribution in [2.45, 2.75) is 13.2 Å². The number of hydrogen-bond donors (Lipinski definition) is 1. The van der Waals surface area contributed by atoms with Crippen molar-refractivity contribution in [3.63, 3.8) is 0 Å². The molecule has 0 aliphatic carbocycles. The van der Waals surface area contributed by atoms with Crippen LogP contribution in [0.1, 0.15) is 16.8 Å². The molecule has 2 heterocycles. The first kappa shape index (κ1) is 15.1. The molecule has 0 atom stereocenters. The van der Waals surface area contributed by atoms with E-state index in [4.69, 9.17) is 33.0 Å². The van der Waals surface area contributed by atoms with Crippen LogP contribution in [0.3, 0.4) is 0 Å². The van der Waals surface area contributed by atoms with Gasteiger partial charge >= 0.3 is 5.97 Å². The highest BCUT2D eigenvalue weighted by atomic mass is 35.5. The standard InChI is InChI=1S/C15H12Cl2N2O3/c16-12-2-1-9(13(17)4-12)6-19-15-10(3-14(20)21)7-22-8-11(15)5-18-19/h1-5H,6-8H2,(H,20,21). The Labute approximate surface area is 136 Å². The molecule has 22 heavy (non-hydrogen) atoms. The van der Waals surface area contributed by atoms with Crippen molar-refractivity contribution >= 4 is 34.7 Å². The fourth-order valence-electron chi connectivity index (χ4n) is 2.43. The summed E-state index contributed by atoms with van der Waals surface area (Å²) in [4.78, 5) is 11.0. The Morgan fingerprint density at radius 2 is 2.23 bits per heavy atom. The molecule has 0 unspecified atom stereocenters. The third-order valence-electron chi connectivity index (χ3n) is 3.37. The van der Waals surface area contributed by atoms with Crippen molar-refractivity contribution in [1.82, 2.24) is 9.78 Å². The van der Waals surface area contributed by atoms with Crippen molar-refractivity contribution < 1.29 is 14.6 Å². The smallest absolute Gasteiger partial charge is 0.328 e. The second-order valence-corrected chi connectivity index (χ2v) is 5.76. The van der Waals surface area contributed by atoms with E-state index in [1.807, 2.05) is 6.07 Å². The average Bonchev–Trinajstić information content (AvgIpc) is 2.86. The number of carboxylic acids is 1. The van der Waals surface area contributed by atoms with Gasteiger partial charge in [-0.25, -0.2) is 4.79 Å². The number of benzene rings is 1. The molecule has 0 bridgehead atoms. The van der Waals surface area contributed by atoms with E-state index in [0.29, 0.717) is 28.8 Å². The highest BCUT2D eigenvalue weighted by Gasteiger charge is 2.21. The average molecular weight is 339 g/mol. The Balaban J connectivity index is 1.99. The van der Waals surface area contributed by atoms with Gasteiger partial charge in [-0.1, -0.05) is 29.3 Å². The molecule has 3 rings (SSSR count). The van der Waals surface area contributed by atoms with Crippen LogP contribution in [-0.4, -0.2) is 27.5 Å². The quantitative estimate of drug-likeness (QED) is 0.872. The molecule has 5 nitrogen and oxygen atoms in total. The van der Waals surface area contributed by atoms with Gasteiger partial charge in [0.25, 0.3) is 0 Å². The maximum atomic E-state index is 11.0. The van der Waals surface area contributed by atoms with Crippen LogP contribution in [0.4, 0.5) is 0 Å². The molecule has 0 fully saturated rings. The lowest BCUT2D eigenvalue weighted by Gasteiger charge is -2.18. The highest BCUT2D eigenvalue weighted by Crippen LogP contribution is 2.28. The molecule has 7 heteroatoms. The van der Waals surface area contributed by atoms with Crippen LogP contribution in [0, 0.1) is 0 Å². The van der Waals surface area contributed by atoms with Crippen LogP contribution in [0.2, 0.25) is 10.0 Å². The first-order chi connectivity index (χ1) is 10.5. The van der Waals surface area contributed by atoms with Crippen LogP contribution in [0.15, 0.2) is 30.5 Å². The number of nitrogens with zero attached hydrogens (tertiary/aromatic N) is 2. The number of halogens is 2. The van der Waals surface area contributed by atoms with Gasteiger partial charge in [0.15, 0.2) is 0 Å². The Bertz CT molecular complexity index is 768. The van der Waals surface area contributed by atoms with E-state index < -0.39 is 5.97 Å². The van der Waals surface area contributed by atoms with E-state index in [0.717, 1.165) is 22.9 Å². The zero-order valence-electron chi connectivity index (χ0n) is 11.4. The molecule has 1 aliphatic heterocycles. The third-order valence-corrected chi connectivity index (χ3v) is 3.95. The van der Waals surface area contributed by atoms with E-state index >= 15 is 0 Å². The molecule has 1 aliphatic rings. The lowest BCUT2D eigenvalue weighted by molar-refractivity contribution is -0.131. The summed E-state index contributed by atoms with van der Waals surface area (Å²) in [6, 6.07) is 5.26. The van der Waals surface area contributed by atoms with Gasteiger partial charge < -0.3 is 9.84 Å². The zero-order valence-corrected chi connectivity index (χ0v) is 12.9. The van der Waals surface area contributed by atoms with Crippen LogP contribution in [0.25, 0.3) is 5.57 Å². The summed E-state index contributed by atoms with van der Waals surface area (Å²) < 4.78 is 7.12. The van der Waals surface area contributed by atoms with Gasteiger partial charge in [-0.15, -0.1) is 0 Å². The summed E-state index contributed by atoms with van der Waals surface area (Å²) in [5, 5.41) is 14.4. The summed E-state index contributed by atoms with van der Waals surface area (Å²) in [5.74, 6) is -1.01. The zero-order chi connectivity index (χ0) is 15.7. The lowest BCUT2D eigenvalue weighted by Crippen LogP contribution is -2.15. The van der Waals surface area contributed by atoms with E-state index in [2.05, 4.69) is 5.10 Å². The van der Waals surface area contributed by atoms with Crippen molar-refractivity contribution in [2.75, 3.05) is 6.61 Å². The molecule has 0 saturated heterocycles. The predicted molar refractivity (Wildman–Crippen MR) is 83.1 cm³/mol. The van der Waals surface area contributed by atoms with Crippen LogP contribution in [-0.2, 0) is 22.7 Å². The van der Waals surface area contributed by atoms with E-state index in [1.165, 1.54) is 0 Å². The molecule has 1 N–H and O–H groups in total. The molecule has 2 aromatic rings. The topological polar surface area (TPSA) is 64.3 Å². The van der Waals surface area contributed by atoms with Gasteiger partial charge in [0.2, 0.25) is 0 Å². The Hall–Kier alpha value is -1.82. The Kier molecular flexibility index (Phi) is 4.20. The lowest BCUT2D eigenvalue weighted by atomic mass is 10.1. The molecule has 114 valence electrons. The fraction of sp³-hybridized carbons (Fsp3) is 0.200. The van der Waals surface area contributed by atoms with Gasteiger partial charge in [0.05, 0.1) is 31.6 Å². The first-order valence-electron chi connectivity index (χ1n) is 6.55. The molecular weight excluding hydrogens is 327 g/mol. The second-order valence-electron chi connectivity index (χ2n) is 4.91. The van der Waals surface area contributed by atoms with Gasteiger partial charge in [-0.2, -0.15) is 5.10 Å². The monoisotopic (exact) mass is 338 g/mol.